The molecule has 0 unspecified atom stereocenters. The molecule has 0 aliphatic carbocycles. The first kappa shape index (κ1) is 14.5. The first-order valence-electron chi connectivity index (χ1n) is 5.78. The van der Waals surface area contributed by atoms with Gasteiger partial charge in [0.2, 0.25) is 0 Å². The van der Waals surface area contributed by atoms with Crippen LogP contribution in [0.1, 0.15) is 12.0 Å². The predicted octanol–water partition coefficient (Wildman–Crippen LogP) is 2.48. The van der Waals surface area contributed by atoms with Crippen molar-refractivity contribution in [3.05, 3.63) is 48.6 Å². The number of urea groups is 1. The number of benzene rings is 1. The van der Waals surface area contributed by atoms with E-state index in [-0.39, 0.29) is 6.03 Å². The third-order valence-corrected chi connectivity index (χ3v) is 2.20. The van der Waals surface area contributed by atoms with E-state index in [1.165, 1.54) is 6.08 Å². The van der Waals surface area contributed by atoms with E-state index < -0.39 is 5.97 Å². The minimum Gasteiger partial charge on any atom is -0.478 e. The average Bonchev–Trinajstić information content (AvgIpc) is 2.37. The number of amides is 2. The molecule has 1 aromatic carbocycles. The maximum absolute atomic E-state index is 11.5. The molecule has 3 N–H and O–H groups in total. The quantitative estimate of drug-likeness (QED) is 0.417. The molecule has 0 aromatic heterocycles. The second-order valence-electron chi connectivity index (χ2n) is 3.76. The average molecular weight is 260 g/mol. The molecular weight excluding hydrogens is 244 g/mol. The number of carboxylic acids is 1. The van der Waals surface area contributed by atoms with E-state index in [4.69, 9.17) is 5.11 Å². The fourth-order valence-electron chi connectivity index (χ4n) is 1.35. The summed E-state index contributed by atoms with van der Waals surface area (Å²) in [6.45, 7) is 4.08. The lowest BCUT2D eigenvalue weighted by molar-refractivity contribution is -0.131. The molecular formula is C14H16N2O3. The lowest BCUT2D eigenvalue weighted by Gasteiger charge is -2.07. The van der Waals surface area contributed by atoms with Gasteiger partial charge in [0.1, 0.15) is 0 Å². The van der Waals surface area contributed by atoms with Gasteiger partial charge < -0.3 is 15.7 Å². The number of nitrogens with one attached hydrogen (secondary N) is 2. The molecule has 1 aromatic rings. The van der Waals surface area contributed by atoms with Crippen LogP contribution in [0.15, 0.2) is 43.0 Å². The standard InChI is InChI=1S/C14H16N2O3/c1-2-3-9-15-14(19)16-12-6-4-5-11(10-12)7-8-13(17)18/h2,4-8,10H,1,3,9H2,(H,17,18)(H2,15,16,19)/b8-7+. The largest absolute Gasteiger partial charge is 0.478 e. The van der Waals surface area contributed by atoms with Gasteiger partial charge >= 0.3 is 12.0 Å². The summed E-state index contributed by atoms with van der Waals surface area (Å²) >= 11 is 0. The van der Waals surface area contributed by atoms with Crippen molar-refractivity contribution < 1.29 is 14.7 Å². The Morgan fingerprint density at radius 3 is 2.84 bits per heavy atom. The molecule has 0 aliphatic rings. The van der Waals surface area contributed by atoms with Crippen LogP contribution < -0.4 is 10.6 Å². The van der Waals surface area contributed by atoms with E-state index in [1.807, 2.05) is 0 Å². The van der Waals surface area contributed by atoms with Crippen LogP contribution in [0.4, 0.5) is 10.5 Å². The van der Waals surface area contributed by atoms with Crippen LogP contribution in [0.2, 0.25) is 0 Å². The summed E-state index contributed by atoms with van der Waals surface area (Å²) < 4.78 is 0. The fraction of sp³-hybridized carbons (Fsp3) is 0.143. The number of aliphatic carboxylic acids is 1. The summed E-state index contributed by atoms with van der Waals surface area (Å²) in [5.74, 6) is -1.01. The highest BCUT2D eigenvalue weighted by atomic mass is 16.4. The van der Waals surface area contributed by atoms with Crippen LogP contribution in [0, 0.1) is 0 Å². The monoisotopic (exact) mass is 260 g/mol. The molecule has 0 saturated heterocycles. The molecule has 5 nitrogen and oxygen atoms in total. The molecule has 100 valence electrons. The zero-order valence-electron chi connectivity index (χ0n) is 10.4. The van der Waals surface area contributed by atoms with Crippen molar-refractivity contribution in [1.29, 1.82) is 0 Å². The summed E-state index contributed by atoms with van der Waals surface area (Å²) in [6.07, 6.45) is 4.93. The molecule has 0 atom stereocenters. The van der Waals surface area contributed by atoms with Crippen molar-refractivity contribution in [3.63, 3.8) is 0 Å². The predicted molar refractivity (Wildman–Crippen MR) is 74.9 cm³/mol. The second kappa shape index (κ2) is 7.71. The van der Waals surface area contributed by atoms with E-state index in [0.29, 0.717) is 24.2 Å². The summed E-state index contributed by atoms with van der Waals surface area (Å²) in [6, 6.07) is 6.60. The molecule has 5 heteroatoms. The summed E-state index contributed by atoms with van der Waals surface area (Å²) in [4.78, 5) is 21.9. The Hall–Kier alpha value is -2.56. The molecule has 19 heavy (non-hydrogen) atoms. The van der Waals surface area contributed by atoms with Crippen LogP contribution in [0.3, 0.4) is 0 Å². The van der Waals surface area contributed by atoms with Gasteiger partial charge in [0.05, 0.1) is 0 Å². The fourth-order valence-corrected chi connectivity index (χ4v) is 1.35. The highest BCUT2D eigenvalue weighted by molar-refractivity contribution is 5.90. The number of carbonyl (C=O) groups excluding carboxylic acids is 1. The summed E-state index contributed by atoms with van der Waals surface area (Å²) in [7, 11) is 0. The van der Waals surface area contributed by atoms with Gasteiger partial charge in [-0.3, -0.25) is 0 Å². The highest BCUT2D eigenvalue weighted by Gasteiger charge is 2.00. The van der Waals surface area contributed by atoms with Crippen LogP contribution >= 0.6 is 0 Å². The van der Waals surface area contributed by atoms with Gasteiger partial charge in [-0.25, -0.2) is 9.59 Å². The van der Waals surface area contributed by atoms with E-state index >= 15 is 0 Å². The minimum absolute atomic E-state index is 0.304. The molecule has 0 aliphatic heterocycles. The SMILES string of the molecule is C=CCCNC(=O)Nc1cccc(/C=C/C(=O)O)c1. The first-order valence-corrected chi connectivity index (χ1v) is 5.78. The van der Waals surface area contributed by atoms with Gasteiger partial charge in [-0.2, -0.15) is 0 Å². The zero-order chi connectivity index (χ0) is 14.1. The lowest BCUT2D eigenvalue weighted by atomic mass is 10.2. The van der Waals surface area contributed by atoms with Gasteiger partial charge in [-0.1, -0.05) is 18.2 Å². The van der Waals surface area contributed by atoms with Gasteiger partial charge in [0, 0.05) is 18.3 Å². The maximum atomic E-state index is 11.5. The molecule has 0 saturated carbocycles. The Kier molecular flexibility index (Phi) is 5.88. The smallest absolute Gasteiger partial charge is 0.328 e. The van der Waals surface area contributed by atoms with Crippen molar-refractivity contribution in [1.82, 2.24) is 5.32 Å². The number of hydrogen-bond acceptors (Lipinski definition) is 2. The third kappa shape index (κ3) is 6.07. The Bertz CT molecular complexity index is 495. The number of carboxylic acid groups (broad SMARTS) is 1. The Balaban J connectivity index is 2.59. The minimum atomic E-state index is -1.01. The normalized spacial score (nSPS) is 10.1. The van der Waals surface area contributed by atoms with Crippen molar-refractivity contribution in [3.8, 4) is 0 Å². The van der Waals surface area contributed by atoms with Crippen LogP contribution in [-0.2, 0) is 4.79 Å². The number of anilines is 1. The number of rotatable bonds is 6. The molecule has 0 radical (unpaired) electrons. The van der Waals surface area contributed by atoms with Crippen molar-refractivity contribution >= 4 is 23.8 Å². The van der Waals surface area contributed by atoms with Crippen LogP contribution in [0.25, 0.3) is 6.08 Å². The third-order valence-electron chi connectivity index (χ3n) is 2.20. The van der Waals surface area contributed by atoms with E-state index in [9.17, 15) is 9.59 Å². The van der Waals surface area contributed by atoms with Crippen molar-refractivity contribution in [2.45, 2.75) is 6.42 Å². The van der Waals surface area contributed by atoms with E-state index in [0.717, 1.165) is 6.08 Å². The number of carbonyl (C=O) groups is 2. The summed E-state index contributed by atoms with van der Waals surface area (Å²) in [5, 5.41) is 13.9. The molecule has 0 heterocycles. The Morgan fingerprint density at radius 1 is 1.37 bits per heavy atom. The molecule has 2 amide bonds. The van der Waals surface area contributed by atoms with E-state index in [2.05, 4.69) is 17.2 Å². The summed E-state index contributed by atoms with van der Waals surface area (Å²) in [5.41, 5.74) is 1.30. The van der Waals surface area contributed by atoms with Gasteiger partial charge in [0.25, 0.3) is 0 Å². The van der Waals surface area contributed by atoms with Gasteiger partial charge in [0.15, 0.2) is 0 Å². The second-order valence-corrected chi connectivity index (χ2v) is 3.76. The molecule has 0 spiro atoms. The molecule has 0 fully saturated rings. The van der Waals surface area contributed by atoms with Crippen molar-refractivity contribution in [2.75, 3.05) is 11.9 Å². The first-order chi connectivity index (χ1) is 9.11. The molecule has 1 rings (SSSR count). The zero-order valence-corrected chi connectivity index (χ0v) is 10.4. The number of hydrogen-bond donors (Lipinski definition) is 3. The highest BCUT2D eigenvalue weighted by Crippen LogP contribution is 2.11. The maximum Gasteiger partial charge on any atom is 0.328 e. The van der Waals surface area contributed by atoms with Gasteiger partial charge in [-0.05, 0) is 30.2 Å². The van der Waals surface area contributed by atoms with Crippen molar-refractivity contribution in [2.24, 2.45) is 0 Å². The lowest BCUT2D eigenvalue weighted by Crippen LogP contribution is -2.29. The van der Waals surface area contributed by atoms with E-state index in [1.54, 1.807) is 30.3 Å². The topological polar surface area (TPSA) is 78.4 Å². The van der Waals surface area contributed by atoms with Gasteiger partial charge in [-0.15, -0.1) is 6.58 Å². The Labute approximate surface area is 111 Å². The van der Waals surface area contributed by atoms with Crippen LogP contribution in [-0.4, -0.2) is 23.7 Å². The molecule has 0 bridgehead atoms. The Morgan fingerprint density at radius 2 is 2.16 bits per heavy atom. The van der Waals surface area contributed by atoms with Crippen LogP contribution in [0.5, 0.6) is 0 Å².